The molecule has 0 aliphatic heterocycles. The zero-order valence-electron chi connectivity index (χ0n) is 17.9. The average Bonchev–Trinajstić information content (AvgIpc) is 3.44. The lowest BCUT2D eigenvalue weighted by atomic mass is 10.1. The second-order valence-electron chi connectivity index (χ2n) is 8.58. The number of alkyl halides is 3. The number of aromatic nitrogens is 3. The quantitative estimate of drug-likeness (QED) is 0.469. The fourth-order valence-corrected chi connectivity index (χ4v) is 4.06. The lowest BCUT2D eigenvalue weighted by molar-refractivity contribution is -0.137. The van der Waals surface area contributed by atoms with Gasteiger partial charge in [0.1, 0.15) is 5.82 Å². The van der Waals surface area contributed by atoms with Crippen molar-refractivity contribution in [2.45, 2.75) is 32.5 Å². The van der Waals surface area contributed by atoms with Crippen molar-refractivity contribution in [3.63, 3.8) is 0 Å². The Kier molecular flexibility index (Phi) is 4.99. The standard InChI is InChI=1S/C24H22F3N5O/c1-14-9-19-21(32-8-2-3-20(32)22(28)30-19)10-18(14)23(33)31(12-15-4-5-15)13-17-7-6-16(11-29-17)24(25,26)27/h2-3,6-11,15H,4-5,12-13H2,1H3,(H2,28,30). The molecule has 4 aromatic rings. The summed E-state index contributed by atoms with van der Waals surface area (Å²) >= 11 is 0. The SMILES string of the molecule is Cc1cc2nc(N)c3cccn3c2cc1C(=O)N(Cc1ccc(C(F)(F)F)cn1)CC1CC1. The molecule has 0 atom stereocenters. The highest BCUT2D eigenvalue weighted by Crippen LogP contribution is 2.32. The van der Waals surface area contributed by atoms with Crippen molar-refractivity contribution in [2.75, 3.05) is 12.3 Å². The van der Waals surface area contributed by atoms with Gasteiger partial charge < -0.3 is 15.0 Å². The van der Waals surface area contributed by atoms with Gasteiger partial charge in [0.2, 0.25) is 0 Å². The number of hydrogen-bond donors (Lipinski definition) is 1. The summed E-state index contributed by atoms with van der Waals surface area (Å²) in [7, 11) is 0. The summed E-state index contributed by atoms with van der Waals surface area (Å²) in [6.45, 7) is 2.53. The Labute approximate surface area is 187 Å². The third-order valence-electron chi connectivity index (χ3n) is 6.03. The number of nitrogens with zero attached hydrogens (tertiary/aromatic N) is 4. The van der Waals surface area contributed by atoms with Crippen molar-refractivity contribution in [2.24, 2.45) is 5.92 Å². The molecule has 1 aromatic carbocycles. The molecule has 1 amide bonds. The van der Waals surface area contributed by atoms with Crippen LogP contribution in [0, 0.1) is 12.8 Å². The molecule has 1 saturated carbocycles. The van der Waals surface area contributed by atoms with E-state index in [1.165, 1.54) is 6.07 Å². The van der Waals surface area contributed by atoms with Gasteiger partial charge in [-0.25, -0.2) is 4.98 Å². The number of aryl methyl sites for hydroxylation is 1. The molecule has 0 bridgehead atoms. The van der Waals surface area contributed by atoms with Gasteiger partial charge in [-0.3, -0.25) is 9.78 Å². The summed E-state index contributed by atoms with van der Waals surface area (Å²) in [6, 6.07) is 9.71. The molecule has 3 aromatic heterocycles. The number of pyridine rings is 1. The normalized spacial score (nSPS) is 14.2. The van der Waals surface area contributed by atoms with Crippen molar-refractivity contribution in [3.8, 4) is 0 Å². The number of hydrogen-bond acceptors (Lipinski definition) is 4. The molecule has 0 spiro atoms. The summed E-state index contributed by atoms with van der Waals surface area (Å²) in [4.78, 5) is 23.7. The number of benzene rings is 1. The Bertz CT molecular complexity index is 1360. The van der Waals surface area contributed by atoms with E-state index in [0.29, 0.717) is 35.1 Å². The first-order chi connectivity index (χ1) is 15.7. The molecule has 0 unspecified atom stereocenters. The van der Waals surface area contributed by atoms with Crippen molar-refractivity contribution in [1.82, 2.24) is 19.3 Å². The first-order valence-corrected chi connectivity index (χ1v) is 10.7. The van der Waals surface area contributed by atoms with E-state index in [0.717, 1.165) is 41.7 Å². The number of nitrogen functional groups attached to an aromatic ring is 1. The van der Waals surface area contributed by atoms with E-state index in [1.807, 2.05) is 41.8 Å². The van der Waals surface area contributed by atoms with Crippen molar-refractivity contribution in [3.05, 3.63) is 71.2 Å². The molecule has 5 rings (SSSR count). The van der Waals surface area contributed by atoms with Crippen LogP contribution in [0.1, 0.15) is 40.0 Å². The van der Waals surface area contributed by atoms with Crippen molar-refractivity contribution >= 4 is 28.3 Å². The average molecular weight is 453 g/mol. The summed E-state index contributed by atoms with van der Waals surface area (Å²) in [5.41, 5.74) is 9.16. The van der Waals surface area contributed by atoms with Crippen LogP contribution in [0.15, 0.2) is 48.8 Å². The zero-order chi connectivity index (χ0) is 23.3. The summed E-state index contributed by atoms with van der Waals surface area (Å²) in [6.07, 6.45) is 0.309. The van der Waals surface area contributed by atoms with E-state index >= 15 is 0 Å². The number of carbonyl (C=O) groups is 1. The number of rotatable bonds is 5. The molecule has 1 fully saturated rings. The number of nitrogens with two attached hydrogens (primary N) is 1. The topological polar surface area (TPSA) is 76.5 Å². The predicted octanol–water partition coefficient (Wildman–Crippen LogP) is 4.84. The molecular formula is C24H22F3N5O. The fourth-order valence-electron chi connectivity index (χ4n) is 4.06. The van der Waals surface area contributed by atoms with Gasteiger partial charge in [-0.15, -0.1) is 0 Å². The number of fused-ring (bicyclic) bond motifs is 3. The maximum atomic E-state index is 13.6. The molecule has 3 heterocycles. The maximum absolute atomic E-state index is 13.6. The monoisotopic (exact) mass is 453 g/mol. The summed E-state index contributed by atoms with van der Waals surface area (Å²) < 4.78 is 40.5. The van der Waals surface area contributed by atoms with Crippen LogP contribution in [0.2, 0.25) is 0 Å². The van der Waals surface area contributed by atoms with Crippen molar-refractivity contribution in [1.29, 1.82) is 0 Å². The van der Waals surface area contributed by atoms with E-state index in [-0.39, 0.29) is 12.5 Å². The molecule has 6 nitrogen and oxygen atoms in total. The van der Waals surface area contributed by atoms with Crippen LogP contribution >= 0.6 is 0 Å². The number of halogens is 3. The Morgan fingerprint density at radius 1 is 1.21 bits per heavy atom. The van der Waals surface area contributed by atoms with Gasteiger partial charge in [-0.1, -0.05) is 0 Å². The minimum absolute atomic E-state index is 0.143. The molecule has 1 aliphatic carbocycles. The summed E-state index contributed by atoms with van der Waals surface area (Å²) in [5, 5.41) is 0. The van der Waals surface area contributed by atoms with Gasteiger partial charge in [0.25, 0.3) is 5.91 Å². The van der Waals surface area contributed by atoms with Crippen LogP contribution in [0.25, 0.3) is 16.6 Å². The largest absolute Gasteiger partial charge is 0.417 e. The fraction of sp³-hybridized carbons (Fsp3) is 0.292. The lowest BCUT2D eigenvalue weighted by Gasteiger charge is -2.24. The Morgan fingerprint density at radius 3 is 2.67 bits per heavy atom. The highest BCUT2D eigenvalue weighted by molar-refractivity contribution is 5.99. The molecule has 2 N–H and O–H groups in total. The second kappa shape index (κ2) is 7.75. The highest BCUT2D eigenvalue weighted by Gasteiger charge is 2.31. The molecule has 0 radical (unpaired) electrons. The third-order valence-corrected chi connectivity index (χ3v) is 6.03. The molecule has 33 heavy (non-hydrogen) atoms. The van der Waals surface area contributed by atoms with Gasteiger partial charge in [0, 0.05) is 24.5 Å². The molecule has 170 valence electrons. The van der Waals surface area contributed by atoms with Crippen LogP contribution in [0.4, 0.5) is 19.0 Å². The van der Waals surface area contributed by atoms with Gasteiger partial charge in [-0.2, -0.15) is 13.2 Å². The first kappa shape index (κ1) is 21.2. The minimum Gasteiger partial charge on any atom is -0.382 e. The number of carbonyl (C=O) groups excluding carboxylic acids is 1. The predicted molar refractivity (Wildman–Crippen MR) is 119 cm³/mol. The van der Waals surface area contributed by atoms with Gasteiger partial charge >= 0.3 is 6.18 Å². The molecule has 0 saturated heterocycles. The maximum Gasteiger partial charge on any atom is 0.417 e. The van der Waals surface area contributed by atoms with Gasteiger partial charge in [-0.05, 0) is 67.6 Å². The number of anilines is 1. The number of amides is 1. The van der Waals surface area contributed by atoms with E-state index in [9.17, 15) is 18.0 Å². The van der Waals surface area contributed by atoms with Crippen LogP contribution in [-0.2, 0) is 12.7 Å². The first-order valence-electron chi connectivity index (χ1n) is 10.7. The van der Waals surface area contributed by atoms with E-state index in [2.05, 4.69) is 9.97 Å². The van der Waals surface area contributed by atoms with Crippen LogP contribution in [-0.4, -0.2) is 31.7 Å². The Hall–Kier alpha value is -3.62. The smallest absolute Gasteiger partial charge is 0.382 e. The minimum atomic E-state index is -4.45. The highest BCUT2D eigenvalue weighted by atomic mass is 19.4. The molecule has 1 aliphatic rings. The molecular weight excluding hydrogens is 431 g/mol. The van der Waals surface area contributed by atoms with E-state index < -0.39 is 11.7 Å². The van der Waals surface area contributed by atoms with Gasteiger partial charge in [0.05, 0.1) is 34.4 Å². The second-order valence-corrected chi connectivity index (χ2v) is 8.58. The van der Waals surface area contributed by atoms with E-state index in [4.69, 9.17) is 5.73 Å². The third kappa shape index (κ3) is 4.10. The lowest BCUT2D eigenvalue weighted by Crippen LogP contribution is -2.33. The molecule has 9 heteroatoms. The zero-order valence-corrected chi connectivity index (χ0v) is 17.9. The Balaban J connectivity index is 1.50. The van der Waals surface area contributed by atoms with Crippen LogP contribution in [0.5, 0.6) is 0 Å². The van der Waals surface area contributed by atoms with Crippen LogP contribution in [0.3, 0.4) is 0 Å². The summed E-state index contributed by atoms with van der Waals surface area (Å²) in [5.74, 6) is 0.636. The van der Waals surface area contributed by atoms with Crippen molar-refractivity contribution < 1.29 is 18.0 Å². The van der Waals surface area contributed by atoms with Gasteiger partial charge in [0.15, 0.2) is 0 Å². The van der Waals surface area contributed by atoms with Crippen LogP contribution < -0.4 is 5.73 Å². The Morgan fingerprint density at radius 2 is 2.00 bits per heavy atom. The van der Waals surface area contributed by atoms with E-state index in [1.54, 1.807) is 4.90 Å².